The predicted molar refractivity (Wildman–Crippen MR) is 135 cm³/mol. The van der Waals surface area contributed by atoms with Crippen LogP contribution in [0.5, 0.6) is 0 Å². The Hall–Kier alpha value is -3.65. The minimum atomic E-state index is 0.176. The highest BCUT2D eigenvalue weighted by Gasteiger charge is 2.32. The first-order valence-corrected chi connectivity index (χ1v) is 11.4. The fraction of sp³-hybridized carbons (Fsp3) is 0.167. The summed E-state index contributed by atoms with van der Waals surface area (Å²) in [5.74, 6) is 0.462. The lowest BCUT2D eigenvalue weighted by Gasteiger charge is -2.26. The summed E-state index contributed by atoms with van der Waals surface area (Å²) in [4.78, 5) is 0. The van der Waals surface area contributed by atoms with Crippen LogP contribution in [0.15, 0.2) is 114 Å². The molecule has 0 saturated heterocycles. The van der Waals surface area contributed by atoms with Gasteiger partial charge in [0, 0.05) is 12.0 Å². The number of nitrogens with zero attached hydrogens (tertiary/aromatic N) is 2. The largest absolute Gasteiger partial charge is 0.257 e. The van der Waals surface area contributed by atoms with Crippen molar-refractivity contribution in [2.45, 2.75) is 32.2 Å². The smallest absolute Gasteiger partial charge is 0.0834 e. The van der Waals surface area contributed by atoms with Gasteiger partial charge in [-0.3, -0.25) is 5.01 Å². The molecule has 0 bridgehead atoms. The van der Waals surface area contributed by atoms with Crippen LogP contribution in [-0.2, 0) is 0 Å². The highest BCUT2D eigenvalue weighted by atomic mass is 15.5. The first-order chi connectivity index (χ1) is 15.7. The van der Waals surface area contributed by atoms with Crippen molar-refractivity contribution in [2.24, 2.45) is 5.10 Å². The lowest BCUT2D eigenvalue weighted by molar-refractivity contribution is 0.688. The average Bonchev–Trinajstić information content (AvgIpc) is 3.30. The van der Waals surface area contributed by atoms with Crippen molar-refractivity contribution >= 4 is 11.4 Å². The zero-order valence-electron chi connectivity index (χ0n) is 18.6. The first-order valence-electron chi connectivity index (χ1n) is 11.4. The van der Waals surface area contributed by atoms with E-state index >= 15 is 0 Å². The number of hydrogen-bond donors (Lipinski definition) is 0. The van der Waals surface area contributed by atoms with Crippen LogP contribution >= 0.6 is 0 Å². The second-order valence-corrected chi connectivity index (χ2v) is 8.64. The fourth-order valence-electron chi connectivity index (χ4n) is 4.68. The number of benzene rings is 4. The van der Waals surface area contributed by atoms with Crippen molar-refractivity contribution in [2.75, 3.05) is 5.01 Å². The van der Waals surface area contributed by atoms with Crippen LogP contribution in [0.25, 0.3) is 11.1 Å². The summed E-state index contributed by atoms with van der Waals surface area (Å²) in [6.45, 7) is 4.54. The maximum absolute atomic E-state index is 5.22. The van der Waals surface area contributed by atoms with E-state index < -0.39 is 0 Å². The molecule has 4 aromatic carbocycles. The van der Waals surface area contributed by atoms with Gasteiger partial charge in [0.2, 0.25) is 0 Å². The summed E-state index contributed by atoms with van der Waals surface area (Å²) in [5, 5.41) is 7.44. The first kappa shape index (κ1) is 20.3. The van der Waals surface area contributed by atoms with Crippen LogP contribution in [0.4, 0.5) is 5.69 Å². The molecule has 32 heavy (non-hydrogen) atoms. The Morgan fingerprint density at radius 3 is 2.00 bits per heavy atom. The summed E-state index contributed by atoms with van der Waals surface area (Å²) < 4.78 is 0. The van der Waals surface area contributed by atoms with Gasteiger partial charge < -0.3 is 0 Å². The molecule has 1 aliphatic rings. The Morgan fingerprint density at radius 1 is 0.688 bits per heavy atom. The van der Waals surface area contributed by atoms with E-state index in [9.17, 15) is 0 Å². The van der Waals surface area contributed by atoms with Gasteiger partial charge in [-0.25, -0.2) is 0 Å². The third-order valence-corrected chi connectivity index (χ3v) is 6.23. The Labute approximate surface area is 190 Å². The Kier molecular flexibility index (Phi) is 5.60. The van der Waals surface area contributed by atoms with Gasteiger partial charge in [0.1, 0.15) is 0 Å². The third kappa shape index (κ3) is 3.85. The number of rotatable bonds is 5. The zero-order chi connectivity index (χ0) is 21.9. The van der Waals surface area contributed by atoms with E-state index in [2.05, 4.69) is 128 Å². The summed E-state index contributed by atoms with van der Waals surface area (Å²) in [6.07, 6.45) is 0.877. The molecule has 0 radical (unpaired) electrons. The predicted octanol–water partition coefficient (Wildman–Crippen LogP) is 7.83. The van der Waals surface area contributed by atoms with Crippen LogP contribution in [-0.4, -0.2) is 5.71 Å². The minimum absolute atomic E-state index is 0.176. The van der Waals surface area contributed by atoms with Gasteiger partial charge in [0.25, 0.3) is 0 Å². The van der Waals surface area contributed by atoms with Crippen molar-refractivity contribution in [3.8, 4) is 11.1 Å². The van der Waals surface area contributed by atoms with Gasteiger partial charge >= 0.3 is 0 Å². The van der Waals surface area contributed by atoms with Crippen molar-refractivity contribution in [3.05, 3.63) is 126 Å². The maximum atomic E-state index is 5.22. The van der Waals surface area contributed by atoms with Gasteiger partial charge in [0.15, 0.2) is 0 Å². The molecule has 4 aromatic rings. The van der Waals surface area contributed by atoms with Gasteiger partial charge in [-0.05, 0) is 40.3 Å². The molecule has 1 unspecified atom stereocenters. The van der Waals surface area contributed by atoms with E-state index in [1.165, 1.54) is 27.8 Å². The normalized spacial score (nSPS) is 15.8. The van der Waals surface area contributed by atoms with E-state index in [4.69, 9.17) is 5.10 Å². The lowest BCUT2D eigenvalue weighted by atomic mass is 9.88. The standard InChI is InChI=1S/C30H28N2/c1-22(2)25-17-9-12-20-28(25)30-21-29(31-32(30)24-15-7-4-8-16-24)27-19-11-10-18-26(27)23-13-5-3-6-14-23/h3-20,22,30H,21H2,1-2H3. The lowest BCUT2D eigenvalue weighted by Crippen LogP contribution is -2.20. The van der Waals surface area contributed by atoms with Crippen molar-refractivity contribution < 1.29 is 0 Å². The van der Waals surface area contributed by atoms with Gasteiger partial charge in [-0.2, -0.15) is 5.10 Å². The van der Waals surface area contributed by atoms with E-state index in [-0.39, 0.29) is 6.04 Å². The average molecular weight is 417 g/mol. The molecule has 2 heteroatoms. The Morgan fingerprint density at radius 2 is 1.28 bits per heavy atom. The molecule has 0 spiro atoms. The van der Waals surface area contributed by atoms with Crippen LogP contribution in [0.2, 0.25) is 0 Å². The Balaban J connectivity index is 1.62. The summed E-state index contributed by atoms with van der Waals surface area (Å²) >= 11 is 0. The summed E-state index contributed by atoms with van der Waals surface area (Å²) in [7, 11) is 0. The second-order valence-electron chi connectivity index (χ2n) is 8.64. The van der Waals surface area contributed by atoms with Crippen LogP contribution < -0.4 is 5.01 Å². The molecule has 1 heterocycles. The monoisotopic (exact) mass is 416 g/mol. The van der Waals surface area contributed by atoms with E-state index in [0.717, 1.165) is 17.8 Å². The molecular formula is C30H28N2. The van der Waals surface area contributed by atoms with Crippen LogP contribution in [0.1, 0.15) is 48.9 Å². The second kappa shape index (κ2) is 8.84. The van der Waals surface area contributed by atoms with E-state index in [1.807, 2.05) is 0 Å². The Bertz CT molecular complexity index is 1230. The molecule has 158 valence electrons. The molecule has 5 rings (SSSR count). The molecule has 1 atom stereocenters. The highest BCUT2D eigenvalue weighted by Crippen LogP contribution is 2.40. The van der Waals surface area contributed by atoms with E-state index in [0.29, 0.717) is 5.92 Å². The number of hydrazone groups is 1. The van der Waals surface area contributed by atoms with Crippen LogP contribution in [0, 0.1) is 0 Å². The molecule has 1 aliphatic heterocycles. The molecule has 0 saturated carbocycles. The minimum Gasteiger partial charge on any atom is -0.257 e. The molecule has 0 aliphatic carbocycles. The van der Waals surface area contributed by atoms with Gasteiger partial charge in [-0.1, -0.05) is 111 Å². The molecule has 2 nitrogen and oxygen atoms in total. The SMILES string of the molecule is CC(C)c1ccccc1C1CC(c2ccccc2-c2ccccc2)=NN1c1ccccc1. The highest BCUT2D eigenvalue weighted by molar-refractivity contribution is 6.08. The molecular weight excluding hydrogens is 388 g/mol. The molecule has 0 aromatic heterocycles. The molecule has 0 fully saturated rings. The summed E-state index contributed by atoms with van der Waals surface area (Å²) in [5.41, 5.74) is 8.69. The quantitative estimate of drug-likeness (QED) is 0.324. The van der Waals surface area contributed by atoms with Crippen molar-refractivity contribution in [1.82, 2.24) is 0 Å². The number of anilines is 1. The number of para-hydroxylation sites is 1. The van der Waals surface area contributed by atoms with Crippen LogP contribution in [0.3, 0.4) is 0 Å². The zero-order valence-corrected chi connectivity index (χ0v) is 18.6. The third-order valence-electron chi connectivity index (χ3n) is 6.23. The molecule has 0 N–H and O–H groups in total. The van der Waals surface area contributed by atoms with E-state index in [1.54, 1.807) is 0 Å². The topological polar surface area (TPSA) is 15.6 Å². The summed E-state index contributed by atoms with van der Waals surface area (Å²) in [6, 6.07) is 38.8. The van der Waals surface area contributed by atoms with Gasteiger partial charge in [0.05, 0.1) is 17.4 Å². The van der Waals surface area contributed by atoms with Crippen molar-refractivity contribution in [1.29, 1.82) is 0 Å². The van der Waals surface area contributed by atoms with Crippen molar-refractivity contribution in [3.63, 3.8) is 0 Å². The number of hydrogen-bond acceptors (Lipinski definition) is 2. The van der Waals surface area contributed by atoms with Gasteiger partial charge in [-0.15, -0.1) is 0 Å². The fourth-order valence-corrected chi connectivity index (χ4v) is 4.68. The maximum Gasteiger partial charge on any atom is 0.0834 e. The molecule has 0 amide bonds.